The number of nitrogens with zero attached hydrogens (tertiary/aromatic N) is 2. The zero-order valence-electron chi connectivity index (χ0n) is 19.1. The van der Waals surface area contributed by atoms with Crippen LogP contribution in [-0.2, 0) is 0 Å². The number of thioether (sulfide) groups is 1. The van der Waals surface area contributed by atoms with Gasteiger partial charge in [-0.15, -0.1) is 23.1 Å². The minimum atomic E-state index is -0.654. The Hall–Kier alpha value is -3.61. The van der Waals surface area contributed by atoms with Crippen LogP contribution in [0.3, 0.4) is 0 Å². The van der Waals surface area contributed by atoms with E-state index in [1.54, 1.807) is 24.3 Å². The molecule has 2 aromatic carbocycles. The zero-order valence-corrected chi connectivity index (χ0v) is 20.7. The van der Waals surface area contributed by atoms with Gasteiger partial charge in [-0.1, -0.05) is 42.8 Å². The number of thiophene rings is 1. The normalized spacial score (nSPS) is 10.7. The van der Waals surface area contributed by atoms with Crippen molar-refractivity contribution in [1.82, 2.24) is 10.3 Å². The summed E-state index contributed by atoms with van der Waals surface area (Å²) in [6, 6.07) is 18.5. The van der Waals surface area contributed by atoms with E-state index in [4.69, 9.17) is 19.7 Å². The van der Waals surface area contributed by atoms with E-state index < -0.39 is 12.1 Å². The van der Waals surface area contributed by atoms with Crippen LogP contribution in [0.2, 0.25) is 0 Å². The molecule has 4 rings (SSSR count). The lowest BCUT2D eigenvalue weighted by molar-refractivity contribution is 0.0737. The second-order valence-electron chi connectivity index (χ2n) is 7.59. The van der Waals surface area contributed by atoms with E-state index in [9.17, 15) is 9.59 Å². The number of para-hydroxylation sites is 2. The molecule has 7 nitrogen and oxygen atoms in total. The average molecular weight is 506 g/mol. The van der Waals surface area contributed by atoms with E-state index in [1.807, 2.05) is 36.6 Å². The van der Waals surface area contributed by atoms with Crippen molar-refractivity contribution in [2.45, 2.75) is 30.7 Å². The number of hydrogen-bond donors (Lipinski definition) is 1. The van der Waals surface area contributed by atoms with Gasteiger partial charge in [0.15, 0.2) is 10.6 Å². The van der Waals surface area contributed by atoms with Gasteiger partial charge in [0.1, 0.15) is 10.8 Å². The molecule has 0 saturated heterocycles. The number of nitrogens with one attached hydrogen (secondary N) is 1. The minimum absolute atomic E-state index is 0.149. The molecule has 0 saturated carbocycles. The van der Waals surface area contributed by atoms with Crippen molar-refractivity contribution < 1.29 is 19.1 Å². The van der Waals surface area contributed by atoms with E-state index >= 15 is 0 Å². The summed E-state index contributed by atoms with van der Waals surface area (Å²) in [6.45, 7) is 0.409. The second kappa shape index (κ2) is 11.7. The first-order chi connectivity index (χ1) is 17.1. The monoisotopic (exact) mass is 505 g/mol. The fraction of sp³-hybridized carbons (Fsp3) is 0.231. The highest BCUT2D eigenvalue weighted by Crippen LogP contribution is 2.45. The summed E-state index contributed by atoms with van der Waals surface area (Å²) < 4.78 is 12.1. The van der Waals surface area contributed by atoms with E-state index in [0.717, 1.165) is 34.9 Å². The predicted octanol–water partition coefficient (Wildman–Crippen LogP) is 6.56. The molecule has 0 fully saturated rings. The van der Waals surface area contributed by atoms with Crippen LogP contribution in [-0.4, -0.2) is 29.8 Å². The molecule has 0 unspecified atom stereocenters. The van der Waals surface area contributed by atoms with Gasteiger partial charge in [0.05, 0.1) is 21.7 Å². The smallest absolute Gasteiger partial charge is 0.412 e. The van der Waals surface area contributed by atoms with Crippen LogP contribution in [0.1, 0.15) is 35.4 Å². The Kier molecular flexibility index (Phi) is 8.19. The molecular formula is C26H23N3O4S2. The van der Waals surface area contributed by atoms with Crippen LogP contribution < -0.4 is 14.8 Å². The van der Waals surface area contributed by atoms with Crippen LogP contribution in [0.5, 0.6) is 11.5 Å². The molecule has 0 aliphatic carbocycles. The summed E-state index contributed by atoms with van der Waals surface area (Å²) in [5.41, 5.74) is 0.793. The average Bonchev–Trinajstić information content (AvgIpc) is 3.26. The molecule has 2 heterocycles. The van der Waals surface area contributed by atoms with Crippen molar-refractivity contribution in [2.75, 3.05) is 12.8 Å². The topological polar surface area (TPSA) is 101 Å². The molecule has 0 aliphatic heterocycles. The summed E-state index contributed by atoms with van der Waals surface area (Å²) in [6.07, 6.45) is 4.08. The molecule has 0 aliphatic rings. The molecule has 0 radical (unpaired) electrons. The summed E-state index contributed by atoms with van der Waals surface area (Å²) in [7, 11) is 0. The number of rotatable bonds is 9. The zero-order chi connectivity index (χ0) is 24.6. The van der Waals surface area contributed by atoms with E-state index in [-0.39, 0.29) is 10.6 Å². The van der Waals surface area contributed by atoms with Crippen LogP contribution >= 0.6 is 23.1 Å². The molecule has 35 heavy (non-hydrogen) atoms. The Labute approximate surface area is 211 Å². The lowest BCUT2D eigenvalue weighted by Gasteiger charge is -2.10. The molecule has 0 spiro atoms. The third kappa shape index (κ3) is 5.73. The van der Waals surface area contributed by atoms with Crippen molar-refractivity contribution >= 4 is 56.2 Å². The number of nitriles is 1. The number of ether oxygens (including phenoxy) is 2. The maximum atomic E-state index is 13.2. The van der Waals surface area contributed by atoms with Gasteiger partial charge in [-0.05, 0) is 37.3 Å². The molecule has 0 bridgehead atoms. The van der Waals surface area contributed by atoms with Gasteiger partial charge in [0.25, 0.3) is 0 Å². The first-order valence-electron chi connectivity index (χ1n) is 11.1. The Morgan fingerprint density at radius 2 is 1.83 bits per heavy atom. The Balaban J connectivity index is 1.69. The van der Waals surface area contributed by atoms with Gasteiger partial charge in [0, 0.05) is 18.4 Å². The maximum absolute atomic E-state index is 13.2. The number of pyridine rings is 1. The van der Waals surface area contributed by atoms with E-state index in [1.165, 1.54) is 23.1 Å². The Morgan fingerprint density at radius 1 is 1.06 bits per heavy atom. The van der Waals surface area contributed by atoms with Crippen molar-refractivity contribution in [2.24, 2.45) is 0 Å². The fourth-order valence-electron chi connectivity index (χ4n) is 3.57. The molecular weight excluding hydrogens is 482 g/mol. The lowest BCUT2D eigenvalue weighted by Crippen LogP contribution is -2.28. The molecule has 1 N–H and O–H groups in total. The number of aromatic nitrogens is 1. The van der Waals surface area contributed by atoms with Crippen LogP contribution in [0.4, 0.5) is 4.79 Å². The fourth-order valence-corrected chi connectivity index (χ4v) is 5.37. The SMILES string of the molecule is CSc1nc2ccccc2c2sc(C(=O)Oc3ccccc3)c(OC(=O)NCCCCCC#N)c12. The number of carbonyl (C=O) groups is 2. The predicted molar refractivity (Wildman–Crippen MR) is 138 cm³/mol. The number of hydrogen-bond acceptors (Lipinski definition) is 8. The van der Waals surface area contributed by atoms with Crippen molar-refractivity contribution in [3.05, 3.63) is 59.5 Å². The second-order valence-corrected chi connectivity index (χ2v) is 9.41. The van der Waals surface area contributed by atoms with Crippen LogP contribution in [0.15, 0.2) is 59.6 Å². The number of esters is 1. The van der Waals surface area contributed by atoms with E-state index in [0.29, 0.717) is 29.1 Å². The number of carbonyl (C=O) groups excluding carboxylic acids is 2. The highest BCUT2D eigenvalue weighted by molar-refractivity contribution is 7.98. The van der Waals surface area contributed by atoms with Gasteiger partial charge in [-0.25, -0.2) is 14.6 Å². The highest BCUT2D eigenvalue weighted by Gasteiger charge is 2.27. The quantitative estimate of drug-likeness (QED) is 0.119. The van der Waals surface area contributed by atoms with Gasteiger partial charge >= 0.3 is 12.1 Å². The summed E-state index contributed by atoms with van der Waals surface area (Å²) in [5.74, 6) is -0.0563. The van der Waals surface area contributed by atoms with Crippen molar-refractivity contribution in [3.63, 3.8) is 0 Å². The molecule has 178 valence electrons. The highest BCUT2D eigenvalue weighted by atomic mass is 32.2. The third-order valence-electron chi connectivity index (χ3n) is 5.21. The molecule has 9 heteroatoms. The molecule has 4 aromatic rings. The Bertz CT molecular complexity index is 1400. The van der Waals surface area contributed by atoms with Crippen molar-refractivity contribution in [3.8, 4) is 17.6 Å². The molecule has 1 amide bonds. The van der Waals surface area contributed by atoms with E-state index in [2.05, 4.69) is 11.4 Å². The third-order valence-corrected chi connectivity index (χ3v) is 7.08. The van der Waals surface area contributed by atoms with Crippen molar-refractivity contribution in [1.29, 1.82) is 5.26 Å². The summed E-state index contributed by atoms with van der Waals surface area (Å²) in [5, 5.41) is 13.5. The number of amides is 1. The van der Waals surface area contributed by atoms with Gasteiger partial charge in [0.2, 0.25) is 0 Å². The van der Waals surface area contributed by atoms with Crippen LogP contribution in [0.25, 0.3) is 21.0 Å². The standard InChI is InChI=1S/C26H23N3O4S2/c1-34-24-20-21(33-26(31)28-16-10-3-2-9-15-27)23(25(30)32-17-11-5-4-6-12-17)35-22(20)18-13-7-8-14-19(18)29-24/h4-8,11-14H,2-3,9-10,16H2,1H3,(H,28,31). The lowest BCUT2D eigenvalue weighted by atomic mass is 10.2. The molecule has 2 aromatic heterocycles. The Morgan fingerprint density at radius 3 is 2.60 bits per heavy atom. The number of benzene rings is 2. The van der Waals surface area contributed by atoms with Gasteiger partial charge < -0.3 is 14.8 Å². The number of unbranched alkanes of at least 4 members (excludes halogenated alkanes) is 3. The molecule has 0 atom stereocenters. The first kappa shape index (κ1) is 24.5. The summed E-state index contributed by atoms with van der Waals surface area (Å²) >= 11 is 2.64. The number of fused-ring (bicyclic) bond motifs is 3. The first-order valence-corrected chi connectivity index (χ1v) is 13.2. The largest absolute Gasteiger partial charge is 0.422 e. The van der Waals surface area contributed by atoms with Gasteiger partial charge in [-0.3, -0.25) is 0 Å². The summed E-state index contributed by atoms with van der Waals surface area (Å²) in [4.78, 5) is 30.8. The van der Waals surface area contributed by atoms with Gasteiger partial charge in [-0.2, -0.15) is 5.26 Å². The minimum Gasteiger partial charge on any atom is -0.422 e. The van der Waals surface area contributed by atoms with Crippen LogP contribution in [0, 0.1) is 11.3 Å². The maximum Gasteiger partial charge on any atom is 0.412 e.